The Morgan fingerprint density at radius 2 is 2.15 bits per heavy atom. The van der Waals surface area contributed by atoms with Crippen molar-refractivity contribution >= 4 is 17.3 Å². The molecule has 1 aromatic carbocycles. The van der Waals surface area contributed by atoms with E-state index in [4.69, 9.17) is 4.74 Å². The van der Waals surface area contributed by atoms with Gasteiger partial charge in [0, 0.05) is 43.2 Å². The van der Waals surface area contributed by atoms with E-state index < -0.39 is 6.61 Å². The lowest BCUT2D eigenvalue weighted by Gasteiger charge is -2.15. The molecular formula is C17H22F2N4O2S. The smallest absolute Gasteiger partial charge is 0.387 e. The fraction of sp³-hybridized carbons (Fsp3) is 0.412. The van der Waals surface area contributed by atoms with E-state index in [0.29, 0.717) is 23.8 Å². The molecule has 0 aliphatic carbocycles. The zero-order valence-corrected chi connectivity index (χ0v) is 15.7. The van der Waals surface area contributed by atoms with Crippen molar-refractivity contribution in [1.29, 1.82) is 0 Å². The van der Waals surface area contributed by atoms with Gasteiger partial charge in [-0.3, -0.25) is 4.99 Å². The number of halogens is 2. The normalized spacial score (nSPS) is 11.5. The van der Waals surface area contributed by atoms with Crippen LogP contribution in [0.1, 0.15) is 15.4 Å². The van der Waals surface area contributed by atoms with E-state index in [0.717, 1.165) is 11.4 Å². The fourth-order valence-corrected chi connectivity index (χ4v) is 3.02. The number of nitrogens with zero attached hydrogens (tertiary/aromatic N) is 2. The summed E-state index contributed by atoms with van der Waals surface area (Å²) in [6.07, 6.45) is 2.62. The fourth-order valence-electron chi connectivity index (χ4n) is 2.24. The molecule has 0 saturated carbocycles. The zero-order chi connectivity index (χ0) is 18.9. The van der Waals surface area contributed by atoms with Crippen LogP contribution in [-0.4, -0.2) is 38.3 Å². The number of hydrogen-bond donors (Lipinski definition) is 2. The van der Waals surface area contributed by atoms with Gasteiger partial charge in [-0.2, -0.15) is 8.78 Å². The highest BCUT2D eigenvalue weighted by molar-refractivity contribution is 7.11. The van der Waals surface area contributed by atoms with Crippen LogP contribution >= 0.6 is 11.3 Å². The average Bonchev–Trinajstić information content (AvgIpc) is 3.03. The third kappa shape index (κ3) is 6.14. The monoisotopic (exact) mass is 384 g/mol. The number of aryl methyl sites for hydroxylation is 1. The number of aliphatic imine (C=N–C) groups is 1. The Balaban J connectivity index is 1.92. The first-order chi connectivity index (χ1) is 12.5. The molecule has 2 aromatic rings. The third-order valence-electron chi connectivity index (χ3n) is 3.45. The molecular weight excluding hydrogens is 362 g/mol. The van der Waals surface area contributed by atoms with Gasteiger partial charge < -0.3 is 20.1 Å². The summed E-state index contributed by atoms with van der Waals surface area (Å²) in [5.41, 5.74) is 0.545. The van der Waals surface area contributed by atoms with Crippen molar-refractivity contribution in [3.05, 3.63) is 39.8 Å². The molecule has 26 heavy (non-hydrogen) atoms. The molecule has 9 heteroatoms. The summed E-state index contributed by atoms with van der Waals surface area (Å²) in [7, 11) is 3.16. The molecule has 142 valence electrons. The van der Waals surface area contributed by atoms with E-state index in [1.807, 2.05) is 13.1 Å². The van der Waals surface area contributed by atoms with Crippen LogP contribution in [0.15, 0.2) is 29.4 Å². The van der Waals surface area contributed by atoms with Gasteiger partial charge in [0.15, 0.2) is 5.96 Å². The van der Waals surface area contributed by atoms with E-state index >= 15 is 0 Å². The second-order valence-electron chi connectivity index (χ2n) is 5.32. The summed E-state index contributed by atoms with van der Waals surface area (Å²) in [6, 6.07) is 4.68. The molecule has 0 saturated heterocycles. The molecule has 0 bridgehead atoms. The van der Waals surface area contributed by atoms with Crippen molar-refractivity contribution in [3.8, 4) is 11.5 Å². The highest BCUT2D eigenvalue weighted by atomic mass is 32.1. The molecule has 0 radical (unpaired) electrons. The molecule has 0 unspecified atom stereocenters. The maximum absolute atomic E-state index is 12.6. The van der Waals surface area contributed by atoms with Crippen molar-refractivity contribution < 1.29 is 18.3 Å². The Labute approximate surface area is 155 Å². The molecule has 0 atom stereocenters. The van der Waals surface area contributed by atoms with Crippen LogP contribution in [0, 0.1) is 6.92 Å². The van der Waals surface area contributed by atoms with Gasteiger partial charge >= 0.3 is 6.61 Å². The summed E-state index contributed by atoms with van der Waals surface area (Å²) in [4.78, 5) is 9.61. The van der Waals surface area contributed by atoms with Crippen molar-refractivity contribution in [1.82, 2.24) is 15.6 Å². The van der Waals surface area contributed by atoms with E-state index in [2.05, 4.69) is 25.3 Å². The first-order valence-electron chi connectivity index (χ1n) is 7.99. The number of guanidine groups is 1. The molecule has 6 nitrogen and oxygen atoms in total. The number of benzene rings is 1. The Morgan fingerprint density at radius 1 is 1.35 bits per heavy atom. The standard InChI is InChI=1S/C17H22F2N4O2S/c1-11-9-22-15(26-11)6-7-21-17(20-2)23-10-12-8-13(24-3)4-5-14(12)25-16(18)19/h4-5,8-9,16H,6-7,10H2,1-3H3,(H2,20,21,23). The number of ether oxygens (including phenoxy) is 2. The molecule has 0 fully saturated rings. The van der Waals surface area contributed by atoms with Crippen molar-refractivity contribution in [2.24, 2.45) is 4.99 Å². The topological polar surface area (TPSA) is 67.8 Å². The molecule has 1 heterocycles. The van der Waals surface area contributed by atoms with Crippen molar-refractivity contribution in [2.45, 2.75) is 26.5 Å². The van der Waals surface area contributed by atoms with E-state index in [1.54, 1.807) is 30.5 Å². The molecule has 2 N–H and O–H groups in total. The molecule has 0 aliphatic heterocycles. The van der Waals surface area contributed by atoms with Crippen LogP contribution in [0.2, 0.25) is 0 Å². The zero-order valence-electron chi connectivity index (χ0n) is 14.9. The minimum absolute atomic E-state index is 0.0991. The third-order valence-corrected chi connectivity index (χ3v) is 4.43. The second kappa shape index (κ2) is 9.91. The lowest BCUT2D eigenvalue weighted by molar-refractivity contribution is -0.0504. The predicted octanol–water partition coefficient (Wildman–Crippen LogP) is 2.97. The number of nitrogens with one attached hydrogen (secondary N) is 2. The van der Waals surface area contributed by atoms with Crippen molar-refractivity contribution in [3.63, 3.8) is 0 Å². The lowest BCUT2D eigenvalue weighted by atomic mass is 10.2. The van der Waals surface area contributed by atoms with Gasteiger partial charge in [0.1, 0.15) is 11.5 Å². The second-order valence-corrected chi connectivity index (χ2v) is 6.64. The van der Waals surface area contributed by atoms with Crippen LogP contribution in [-0.2, 0) is 13.0 Å². The first kappa shape index (κ1) is 19.9. The van der Waals surface area contributed by atoms with Gasteiger partial charge in [-0.1, -0.05) is 0 Å². The Hall–Kier alpha value is -2.42. The van der Waals surface area contributed by atoms with Crippen molar-refractivity contribution in [2.75, 3.05) is 20.7 Å². The van der Waals surface area contributed by atoms with Gasteiger partial charge in [0.05, 0.1) is 12.1 Å². The largest absolute Gasteiger partial charge is 0.497 e. The van der Waals surface area contributed by atoms with Crippen LogP contribution in [0.3, 0.4) is 0 Å². The van der Waals surface area contributed by atoms with Crippen LogP contribution < -0.4 is 20.1 Å². The molecule has 0 aliphatic rings. The quantitative estimate of drug-likeness (QED) is 0.541. The summed E-state index contributed by atoms with van der Waals surface area (Å²) in [5.74, 6) is 1.22. The maximum Gasteiger partial charge on any atom is 0.387 e. The Bertz CT molecular complexity index is 737. The van der Waals surface area contributed by atoms with Gasteiger partial charge in [-0.25, -0.2) is 4.98 Å². The van der Waals surface area contributed by atoms with Gasteiger partial charge in [-0.15, -0.1) is 11.3 Å². The summed E-state index contributed by atoms with van der Waals surface area (Å²) in [5, 5.41) is 7.30. The Morgan fingerprint density at radius 3 is 2.77 bits per heavy atom. The van der Waals surface area contributed by atoms with Crippen LogP contribution in [0.25, 0.3) is 0 Å². The predicted molar refractivity (Wildman–Crippen MR) is 98.4 cm³/mol. The number of methoxy groups -OCH3 is 1. The summed E-state index contributed by atoms with van der Waals surface area (Å²) in [6.45, 7) is 0.0456. The maximum atomic E-state index is 12.6. The first-order valence-corrected chi connectivity index (χ1v) is 8.81. The lowest BCUT2D eigenvalue weighted by Crippen LogP contribution is -2.38. The average molecular weight is 384 g/mol. The summed E-state index contributed by atoms with van der Waals surface area (Å²) >= 11 is 1.66. The Kier molecular flexibility index (Phi) is 7.58. The van der Waals surface area contributed by atoms with Crippen LogP contribution in [0.4, 0.5) is 8.78 Å². The SMILES string of the molecule is CN=C(NCCc1ncc(C)s1)NCc1cc(OC)ccc1OC(F)F. The highest BCUT2D eigenvalue weighted by Gasteiger charge is 2.11. The van der Waals surface area contributed by atoms with Gasteiger partial charge in [0.25, 0.3) is 0 Å². The van der Waals surface area contributed by atoms with Crippen LogP contribution in [0.5, 0.6) is 11.5 Å². The number of rotatable bonds is 8. The number of thiazole rings is 1. The van der Waals surface area contributed by atoms with E-state index in [-0.39, 0.29) is 12.3 Å². The summed E-state index contributed by atoms with van der Waals surface area (Å²) < 4.78 is 34.8. The minimum atomic E-state index is -2.89. The number of aromatic nitrogens is 1. The highest BCUT2D eigenvalue weighted by Crippen LogP contribution is 2.25. The van der Waals surface area contributed by atoms with Gasteiger partial charge in [-0.05, 0) is 25.1 Å². The van der Waals surface area contributed by atoms with E-state index in [9.17, 15) is 8.78 Å². The molecule has 2 rings (SSSR count). The molecule has 0 amide bonds. The molecule has 1 aromatic heterocycles. The van der Waals surface area contributed by atoms with E-state index in [1.165, 1.54) is 18.1 Å². The van der Waals surface area contributed by atoms with Gasteiger partial charge in [0.2, 0.25) is 0 Å². The minimum Gasteiger partial charge on any atom is -0.497 e. The number of hydrogen-bond acceptors (Lipinski definition) is 5. The number of alkyl halides is 2. The molecule has 0 spiro atoms.